The van der Waals surface area contributed by atoms with Crippen LogP contribution >= 0.6 is 11.6 Å². The van der Waals surface area contributed by atoms with Gasteiger partial charge >= 0.3 is 0 Å². The van der Waals surface area contributed by atoms with Gasteiger partial charge in [-0.05, 0) is 42.3 Å². The summed E-state index contributed by atoms with van der Waals surface area (Å²) in [6, 6.07) is 11.2. The Morgan fingerprint density at radius 1 is 1.05 bits per heavy atom. The minimum Gasteiger partial charge on any atom is -0.506 e. The number of nitrogens with one attached hydrogen (secondary N) is 1. The number of fused-ring (bicyclic) bond motifs is 1. The van der Waals surface area contributed by atoms with Gasteiger partial charge in [0.25, 0.3) is 0 Å². The summed E-state index contributed by atoms with van der Waals surface area (Å²) in [6.07, 6.45) is 0. The standard InChI is InChI=1S/C16H14ClN3O/c1-9-12-7-10(11-3-5-13(17)15(21)8-11)4-6-14(12)20-16(18-2)19-9/h3-8,21H,1-2H3,(H,18,19,20). The summed E-state index contributed by atoms with van der Waals surface area (Å²) in [6.45, 7) is 1.95. The Morgan fingerprint density at radius 2 is 1.76 bits per heavy atom. The van der Waals surface area contributed by atoms with E-state index >= 15 is 0 Å². The highest BCUT2D eigenvalue weighted by molar-refractivity contribution is 6.32. The molecule has 3 aromatic rings. The zero-order valence-corrected chi connectivity index (χ0v) is 12.4. The molecule has 3 rings (SSSR count). The van der Waals surface area contributed by atoms with Gasteiger partial charge in [-0.25, -0.2) is 9.97 Å². The molecule has 0 spiro atoms. The predicted octanol–water partition coefficient (Wildman–Crippen LogP) is 4.01. The summed E-state index contributed by atoms with van der Waals surface area (Å²) >= 11 is 5.84. The van der Waals surface area contributed by atoms with Crippen LogP contribution in [0.1, 0.15) is 5.69 Å². The number of anilines is 1. The topological polar surface area (TPSA) is 58.0 Å². The van der Waals surface area contributed by atoms with Gasteiger partial charge in [-0.3, -0.25) is 0 Å². The molecule has 2 N–H and O–H groups in total. The first-order valence-electron chi connectivity index (χ1n) is 6.53. The average Bonchev–Trinajstić information content (AvgIpc) is 2.49. The van der Waals surface area contributed by atoms with Gasteiger partial charge in [0.2, 0.25) is 5.95 Å². The summed E-state index contributed by atoms with van der Waals surface area (Å²) in [7, 11) is 1.80. The van der Waals surface area contributed by atoms with E-state index in [1.807, 2.05) is 31.2 Å². The highest BCUT2D eigenvalue weighted by Crippen LogP contribution is 2.31. The third-order valence-corrected chi connectivity index (χ3v) is 3.71. The lowest BCUT2D eigenvalue weighted by molar-refractivity contribution is 0.476. The Hall–Kier alpha value is -2.33. The summed E-state index contributed by atoms with van der Waals surface area (Å²) in [5, 5.41) is 14.0. The monoisotopic (exact) mass is 299 g/mol. The van der Waals surface area contributed by atoms with Gasteiger partial charge in [-0.15, -0.1) is 0 Å². The molecule has 0 aliphatic carbocycles. The second kappa shape index (κ2) is 5.22. The normalized spacial score (nSPS) is 10.8. The van der Waals surface area contributed by atoms with E-state index < -0.39 is 0 Å². The highest BCUT2D eigenvalue weighted by Gasteiger charge is 2.07. The van der Waals surface area contributed by atoms with E-state index in [1.165, 1.54) is 0 Å². The van der Waals surface area contributed by atoms with E-state index in [1.54, 1.807) is 19.2 Å². The zero-order chi connectivity index (χ0) is 15.0. The fraction of sp³-hybridized carbons (Fsp3) is 0.125. The number of hydrogen-bond acceptors (Lipinski definition) is 4. The van der Waals surface area contributed by atoms with Crippen LogP contribution < -0.4 is 5.32 Å². The van der Waals surface area contributed by atoms with Crippen LogP contribution in [-0.2, 0) is 0 Å². The number of phenolic OH excluding ortho intramolecular Hbond substituents is 1. The van der Waals surface area contributed by atoms with E-state index in [0.717, 1.165) is 27.7 Å². The van der Waals surface area contributed by atoms with Crippen LogP contribution in [0.5, 0.6) is 5.75 Å². The SMILES string of the molecule is CNc1nc(C)c2cc(-c3ccc(Cl)c(O)c3)ccc2n1. The van der Waals surface area contributed by atoms with Crippen LogP contribution in [0.15, 0.2) is 36.4 Å². The maximum absolute atomic E-state index is 9.73. The summed E-state index contributed by atoms with van der Waals surface area (Å²) in [5.74, 6) is 0.685. The average molecular weight is 300 g/mol. The quantitative estimate of drug-likeness (QED) is 0.751. The lowest BCUT2D eigenvalue weighted by atomic mass is 10.0. The predicted molar refractivity (Wildman–Crippen MR) is 85.9 cm³/mol. The lowest BCUT2D eigenvalue weighted by Gasteiger charge is -2.08. The molecule has 0 aliphatic heterocycles. The summed E-state index contributed by atoms with van der Waals surface area (Å²) in [4.78, 5) is 8.82. The van der Waals surface area contributed by atoms with Gasteiger partial charge in [0.05, 0.1) is 16.2 Å². The van der Waals surface area contributed by atoms with Crippen LogP contribution in [0.25, 0.3) is 22.0 Å². The molecule has 1 aromatic heterocycles. The highest BCUT2D eigenvalue weighted by atomic mass is 35.5. The number of benzene rings is 2. The fourth-order valence-electron chi connectivity index (χ4n) is 2.27. The first kappa shape index (κ1) is 13.6. The van der Waals surface area contributed by atoms with Crippen molar-refractivity contribution in [1.29, 1.82) is 0 Å². The van der Waals surface area contributed by atoms with E-state index in [2.05, 4.69) is 15.3 Å². The largest absolute Gasteiger partial charge is 0.506 e. The van der Waals surface area contributed by atoms with Gasteiger partial charge in [-0.2, -0.15) is 0 Å². The van der Waals surface area contributed by atoms with Crippen molar-refractivity contribution in [1.82, 2.24) is 9.97 Å². The first-order chi connectivity index (χ1) is 10.1. The molecule has 21 heavy (non-hydrogen) atoms. The number of aromatic nitrogens is 2. The van der Waals surface area contributed by atoms with Crippen molar-refractivity contribution in [2.24, 2.45) is 0 Å². The van der Waals surface area contributed by atoms with Crippen LogP contribution in [0.2, 0.25) is 5.02 Å². The van der Waals surface area contributed by atoms with Crippen molar-refractivity contribution in [3.63, 3.8) is 0 Å². The van der Waals surface area contributed by atoms with Crippen molar-refractivity contribution in [3.8, 4) is 16.9 Å². The van der Waals surface area contributed by atoms with E-state index in [4.69, 9.17) is 11.6 Å². The number of phenols is 1. The minimum atomic E-state index is 0.0766. The maximum Gasteiger partial charge on any atom is 0.223 e. The Bertz CT molecular complexity index is 833. The first-order valence-corrected chi connectivity index (χ1v) is 6.91. The van der Waals surface area contributed by atoms with Crippen LogP contribution in [0, 0.1) is 6.92 Å². The van der Waals surface area contributed by atoms with Gasteiger partial charge < -0.3 is 10.4 Å². The second-order valence-corrected chi connectivity index (χ2v) is 5.19. The Balaban J connectivity index is 2.16. The Morgan fingerprint density at radius 3 is 2.48 bits per heavy atom. The smallest absolute Gasteiger partial charge is 0.223 e. The zero-order valence-electron chi connectivity index (χ0n) is 11.7. The van der Waals surface area contributed by atoms with Gasteiger partial charge in [-0.1, -0.05) is 23.7 Å². The van der Waals surface area contributed by atoms with Crippen LogP contribution in [-0.4, -0.2) is 22.1 Å². The maximum atomic E-state index is 9.73. The molecule has 2 aromatic carbocycles. The molecule has 0 unspecified atom stereocenters. The molecule has 106 valence electrons. The molecule has 0 atom stereocenters. The lowest BCUT2D eigenvalue weighted by Crippen LogP contribution is -1.98. The molecule has 0 aliphatic rings. The number of aryl methyl sites for hydroxylation is 1. The number of hydrogen-bond donors (Lipinski definition) is 2. The molecule has 1 heterocycles. The number of aromatic hydroxyl groups is 1. The molecular weight excluding hydrogens is 286 g/mol. The molecule has 0 radical (unpaired) electrons. The van der Waals surface area contributed by atoms with Crippen molar-refractivity contribution in [2.45, 2.75) is 6.92 Å². The van der Waals surface area contributed by atoms with Gasteiger partial charge in [0.15, 0.2) is 0 Å². The molecule has 0 fully saturated rings. The number of rotatable bonds is 2. The van der Waals surface area contributed by atoms with E-state index in [0.29, 0.717) is 11.0 Å². The van der Waals surface area contributed by atoms with Gasteiger partial charge in [0, 0.05) is 12.4 Å². The van der Waals surface area contributed by atoms with E-state index in [-0.39, 0.29) is 5.75 Å². The van der Waals surface area contributed by atoms with Crippen molar-refractivity contribution >= 4 is 28.5 Å². The third-order valence-electron chi connectivity index (χ3n) is 3.39. The molecule has 0 bridgehead atoms. The fourth-order valence-corrected chi connectivity index (χ4v) is 2.38. The molecule has 4 nitrogen and oxygen atoms in total. The van der Waals surface area contributed by atoms with Crippen LogP contribution in [0.3, 0.4) is 0 Å². The number of halogens is 1. The molecule has 0 saturated carbocycles. The molecular formula is C16H14ClN3O. The molecule has 0 saturated heterocycles. The Kier molecular flexibility index (Phi) is 3.39. The van der Waals surface area contributed by atoms with Gasteiger partial charge in [0.1, 0.15) is 5.75 Å². The van der Waals surface area contributed by atoms with Crippen molar-refractivity contribution in [3.05, 3.63) is 47.1 Å². The molecule has 0 amide bonds. The summed E-state index contributed by atoms with van der Waals surface area (Å²) in [5.41, 5.74) is 3.67. The van der Waals surface area contributed by atoms with Crippen LogP contribution in [0.4, 0.5) is 5.95 Å². The third kappa shape index (κ3) is 2.50. The second-order valence-electron chi connectivity index (χ2n) is 4.78. The van der Waals surface area contributed by atoms with E-state index in [9.17, 15) is 5.11 Å². The number of nitrogens with zero attached hydrogens (tertiary/aromatic N) is 2. The minimum absolute atomic E-state index is 0.0766. The summed E-state index contributed by atoms with van der Waals surface area (Å²) < 4.78 is 0. The Labute approximate surface area is 127 Å². The molecule has 5 heteroatoms. The van der Waals surface area contributed by atoms with Crippen molar-refractivity contribution < 1.29 is 5.11 Å². The van der Waals surface area contributed by atoms with Crippen molar-refractivity contribution in [2.75, 3.05) is 12.4 Å².